The Morgan fingerprint density at radius 3 is 2.80 bits per heavy atom. The molecular weight excluding hydrogens is 219 g/mol. The third kappa shape index (κ3) is 1.61. The van der Waals surface area contributed by atoms with Gasteiger partial charge in [0.05, 0.1) is 5.92 Å². The Balaban J connectivity index is 2.36. The molecule has 1 aromatic rings. The second-order valence-corrected chi connectivity index (χ2v) is 4.54. The first-order valence-electron chi connectivity index (χ1n) is 4.63. The Labute approximate surface area is 91.7 Å². The first-order chi connectivity index (χ1) is 6.95. The van der Waals surface area contributed by atoms with Gasteiger partial charge in [-0.2, -0.15) is 0 Å². The smallest absolute Gasteiger partial charge is 0.307 e. The number of hydrogen-bond acceptors (Lipinski definition) is 1. The average molecular weight is 229 g/mol. The van der Waals surface area contributed by atoms with Gasteiger partial charge in [-0.05, 0) is 24.1 Å². The molecule has 2 rings (SSSR count). The highest BCUT2D eigenvalue weighted by Gasteiger charge is 2.56. The van der Waals surface area contributed by atoms with E-state index >= 15 is 0 Å². The molecule has 2 unspecified atom stereocenters. The van der Waals surface area contributed by atoms with Gasteiger partial charge in [0.1, 0.15) is 5.82 Å². The predicted molar refractivity (Wildman–Crippen MR) is 54.5 cm³/mol. The fourth-order valence-corrected chi connectivity index (χ4v) is 2.36. The first-order valence-corrected chi connectivity index (χ1v) is 5.01. The average Bonchev–Trinajstić information content (AvgIpc) is 2.78. The summed E-state index contributed by atoms with van der Waals surface area (Å²) in [6.07, 6.45) is 0.563. The van der Waals surface area contributed by atoms with Gasteiger partial charge in [-0.25, -0.2) is 4.39 Å². The number of hydrogen-bond donors (Lipinski definition) is 1. The molecule has 0 amide bonds. The number of benzene rings is 1. The molecule has 1 N–H and O–H groups in total. The number of aliphatic carboxylic acids is 1. The molecule has 15 heavy (non-hydrogen) atoms. The van der Waals surface area contributed by atoms with Crippen LogP contribution in [0.15, 0.2) is 18.2 Å². The molecule has 1 fully saturated rings. The predicted octanol–water partition coefficient (Wildman–Crippen LogP) is 2.84. The summed E-state index contributed by atoms with van der Waals surface area (Å²) < 4.78 is 12.8. The van der Waals surface area contributed by atoms with Gasteiger partial charge in [0.25, 0.3) is 0 Å². The van der Waals surface area contributed by atoms with Crippen molar-refractivity contribution in [1.29, 1.82) is 0 Å². The van der Waals surface area contributed by atoms with Gasteiger partial charge in [0.15, 0.2) is 0 Å². The Bertz CT molecular complexity index is 433. The molecule has 1 aliphatic rings. The molecule has 2 nitrogen and oxygen atoms in total. The van der Waals surface area contributed by atoms with Crippen molar-refractivity contribution < 1.29 is 14.3 Å². The minimum absolute atomic E-state index is 0.307. The molecule has 1 aromatic carbocycles. The van der Waals surface area contributed by atoms with Crippen LogP contribution in [0.1, 0.15) is 18.9 Å². The zero-order valence-electron chi connectivity index (χ0n) is 8.13. The van der Waals surface area contributed by atoms with Crippen molar-refractivity contribution in [3.05, 3.63) is 34.6 Å². The van der Waals surface area contributed by atoms with Crippen molar-refractivity contribution >= 4 is 17.6 Å². The monoisotopic (exact) mass is 228 g/mol. The minimum atomic E-state index is -0.821. The Kier molecular flexibility index (Phi) is 2.23. The lowest BCUT2D eigenvalue weighted by molar-refractivity contribution is -0.138. The number of carboxylic acids is 1. The molecule has 0 radical (unpaired) electrons. The summed E-state index contributed by atoms with van der Waals surface area (Å²) in [6, 6.07) is 4.10. The van der Waals surface area contributed by atoms with Crippen molar-refractivity contribution in [2.24, 2.45) is 5.92 Å². The molecule has 1 saturated carbocycles. The van der Waals surface area contributed by atoms with Gasteiger partial charge < -0.3 is 5.11 Å². The van der Waals surface area contributed by atoms with Gasteiger partial charge in [-0.15, -0.1) is 0 Å². The van der Waals surface area contributed by atoms with E-state index in [9.17, 15) is 9.18 Å². The van der Waals surface area contributed by atoms with Crippen molar-refractivity contribution in [3.8, 4) is 0 Å². The van der Waals surface area contributed by atoms with Crippen LogP contribution in [0.3, 0.4) is 0 Å². The van der Waals surface area contributed by atoms with Crippen molar-refractivity contribution in [2.45, 2.75) is 18.8 Å². The van der Waals surface area contributed by atoms with Crippen LogP contribution in [-0.4, -0.2) is 11.1 Å². The van der Waals surface area contributed by atoms with Gasteiger partial charge in [-0.3, -0.25) is 4.79 Å². The SMILES string of the molecule is CC1(c2ccc(F)cc2Cl)CC1C(=O)O. The summed E-state index contributed by atoms with van der Waals surface area (Å²) in [5.41, 5.74) is 0.286. The quantitative estimate of drug-likeness (QED) is 0.845. The van der Waals surface area contributed by atoms with Crippen molar-refractivity contribution in [3.63, 3.8) is 0 Å². The fourth-order valence-electron chi connectivity index (χ4n) is 1.98. The summed E-state index contributed by atoms with van der Waals surface area (Å²) in [7, 11) is 0. The van der Waals surface area contributed by atoms with Crippen LogP contribution < -0.4 is 0 Å². The standard InChI is InChI=1S/C11H10ClFO2/c1-11(5-8(11)10(14)15)7-3-2-6(13)4-9(7)12/h2-4,8H,5H2,1H3,(H,14,15). The van der Waals surface area contributed by atoms with E-state index in [0.29, 0.717) is 11.4 Å². The van der Waals surface area contributed by atoms with Crippen LogP contribution >= 0.6 is 11.6 Å². The van der Waals surface area contributed by atoms with Gasteiger partial charge >= 0.3 is 5.97 Å². The lowest BCUT2D eigenvalue weighted by Gasteiger charge is -2.12. The summed E-state index contributed by atoms with van der Waals surface area (Å²) in [5, 5.41) is 9.19. The van der Waals surface area contributed by atoms with Crippen LogP contribution in [0.2, 0.25) is 5.02 Å². The molecule has 2 atom stereocenters. The maximum atomic E-state index is 12.8. The van der Waals surface area contributed by atoms with E-state index in [1.54, 1.807) is 6.07 Å². The molecular formula is C11H10ClFO2. The van der Waals surface area contributed by atoms with Gasteiger partial charge in [0.2, 0.25) is 0 Å². The highest BCUT2D eigenvalue weighted by molar-refractivity contribution is 6.31. The summed E-state index contributed by atoms with van der Waals surface area (Å²) in [4.78, 5) is 10.8. The van der Waals surface area contributed by atoms with Crippen molar-refractivity contribution in [2.75, 3.05) is 0 Å². The lowest BCUT2D eigenvalue weighted by atomic mass is 9.95. The Hall–Kier alpha value is -1.09. The molecule has 0 spiro atoms. The molecule has 4 heteroatoms. The number of rotatable bonds is 2. The van der Waals surface area contributed by atoms with E-state index in [1.807, 2.05) is 6.92 Å². The summed E-state index contributed by atoms with van der Waals surface area (Å²) in [5.74, 6) is -1.63. The molecule has 0 bridgehead atoms. The second-order valence-electron chi connectivity index (χ2n) is 4.14. The van der Waals surface area contributed by atoms with E-state index < -0.39 is 23.1 Å². The molecule has 0 heterocycles. The lowest BCUT2D eigenvalue weighted by Crippen LogP contribution is -2.11. The zero-order chi connectivity index (χ0) is 11.2. The molecule has 80 valence electrons. The maximum absolute atomic E-state index is 12.8. The number of carbonyl (C=O) groups is 1. The van der Waals surface area contributed by atoms with E-state index in [4.69, 9.17) is 16.7 Å². The van der Waals surface area contributed by atoms with Gasteiger partial charge in [0, 0.05) is 10.4 Å². The first kappa shape index (κ1) is 10.4. The van der Waals surface area contributed by atoms with Crippen LogP contribution in [0.25, 0.3) is 0 Å². The van der Waals surface area contributed by atoms with Gasteiger partial charge in [-0.1, -0.05) is 24.6 Å². The Morgan fingerprint density at radius 1 is 1.67 bits per heavy atom. The highest BCUT2D eigenvalue weighted by Crippen LogP contribution is 2.55. The molecule has 1 aliphatic carbocycles. The highest BCUT2D eigenvalue weighted by atomic mass is 35.5. The van der Waals surface area contributed by atoms with Crippen molar-refractivity contribution in [1.82, 2.24) is 0 Å². The number of carboxylic acid groups (broad SMARTS) is 1. The summed E-state index contributed by atoms with van der Waals surface area (Å²) in [6.45, 7) is 1.84. The number of halogens is 2. The normalized spacial score (nSPS) is 28.9. The van der Waals surface area contributed by atoms with E-state index in [1.165, 1.54) is 12.1 Å². The Morgan fingerprint density at radius 2 is 2.33 bits per heavy atom. The van der Waals surface area contributed by atoms with Crippen LogP contribution in [0, 0.1) is 11.7 Å². The molecule has 0 saturated heterocycles. The topological polar surface area (TPSA) is 37.3 Å². The van der Waals surface area contributed by atoms with E-state index in [2.05, 4.69) is 0 Å². The van der Waals surface area contributed by atoms with Crippen LogP contribution in [0.4, 0.5) is 4.39 Å². The van der Waals surface area contributed by atoms with E-state index in [-0.39, 0.29) is 0 Å². The largest absolute Gasteiger partial charge is 0.481 e. The minimum Gasteiger partial charge on any atom is -0.481 e. The fraction of sp³-hybridized carbons (Fsp3) is 0.364. The van der Waals surface area contributed by atoms with E-state index in [0.717, 1.165) is 5.56 Å². The van der Waals surface area contributed by atoms with Crippen LogP contribution in [0.5, 0.6) is 0 Å². The third-order valence-electron chi connectivity index (χ3n) is 3.08. The summed E-state index contributed by atoms with van der Waals surface area (Å²) >= 11 is 5.89. The third-order valence-corrected chi connectivity index (χ3v) is 3.39. The maximum Gasteiger partial charge on any atom is 0.307 e. The molecule has 0 aliphatic heterocycles. The molecule has 0 aromatic heterocycles. The zero-order valence-corrected chi connectivity index (χ0v) is 8.88. The second kappa shape index (κ2) is 3.20. The van der Waals surface area contributed by atoms with Crippen LogP contribution in [-0.2, 0) is 10.2 Å².